The standard InChI is InChI=1S/C17H22N2O/c1-17(2,3)14-9-5-6-10-15(14)19-12-13-8-7-11-18-16(13)20-4/h5-11,19H,12H2,1-4H3. The van der Waals surface area contributed by atoms with Gasteiger partial charge < -0.3 is 10.1 Å². The van der Waals surface area contributed by atoms with Crippen LogP contribution in [-0.4, -0.2) is 12.1 Å². The lowest BCUT2D eigenvalue weighted by Gasteiger charge is -2.23. The van der Waals surface area contributed by atoms with Crippen molar-refractivity contribution in [2.45, 2.75) is 32.7 Å². The molecule has 0 aliphatic carbocycles. The molecular weight excluding hydrogens is 248 g/mol. The second kappa shape index (κ2) is 5.95. The smallest absolute Gasteiger partial charge is 0.218 e. The van der Waals surface area contributed by atoms with Crippen LogP contribution >= 0.6 is 0 Å². The summed E-state index contributed by atoms with van der Waals surface area (Å²) < 4.78 is 5.28. The first-order valence-electron chi connectivity index (χ1n) is 6.83. The van der Waals surface area contributed by atoms with Gasteiger partial charge in [0.2, 0.25) is 5.88 Å². The summed E-state index contributed by atoms with van der Waals surface area (Å²) in [6, 6.07) is 12.4. The molecule has 1 aromatic carbocycles. The summed E-state index contributed by atoms with van der Waals surface area (Å²) in [5.41, 5.74) is 3.63. The highest BCUT2D eigenvalue weighted by molar-refractivity contribution is 5.54. The van der Waals surface area contributed by atoms with Gasteiger partial charge in [-0.3, -0.25) is 0 Å². The lowest BCUT2D eigenvalue weighted by molar-refractivity contribution is 0.393. The summed E-state index contributed by atoms with van der Waals surface area (Å²) in [5.74, 6) is 0.674. The van der Waals surface area contributed by atoms with Gasteiger partial charge in [-0.15, -0.1) is 0 Å². The fraction of sp³-hybridized carbons (Fsp3) is 0.353. The second-order valence-corrected chi connectivity index (χ2v) is 5.82. The van der Waals surface area contributed by atoms with E-state index < -0.39 is 0 Å². The number of aromatic nitrogens is 1. The highest BCUT2D eigenvalue weighted by atomic mass is 16.5. The minimum Gasteiger partial charge on any atom is -0.481 e. The maximum absolute atomic E-state index is 5.28. The highest BCUT2D eigenvalue weighted by Gasteiger charge is 2.17. The van der Waals surface area contributed by atoms with Crippen molar-refractivity contribution in [2.24, 2.45) is 0 Å². The molecule has 0 atom stereocenters. The van der Waals surface area contributed by atoms with Crippen molar-refractivity contribution in [2.75, 3.05) is 12.4 Å². The molecule has 0 unspecified atom stereocenters. The van der Waals surface area contributed by atoms with Crippen LogP contribution in [-0.2, 0) is 12.0 Å². The molecule has 3 nitrogen and oxygen atoms in total. The summed E-state index contributed by atoms with van der Waals surface area (Å²) in [4.78, 5) is 4.22. The van der Waals surface area contributed by atoms with Crippen molar-refractivity contribution in [1.82, 2.24) is 4.98 Å². The van der Waals surface area contributed by atoms with Gasteiger partial charge in [-0.2, -0.15) is 0 Å². The number of hydrogen-bond donors (Lipinski definition) is 1. The summed E-state index contributed by atoms with van der Waals surface area (Å²) in [6.45, 7) is 7.36. The summed E-state index contributed by atoms with van der Waals surface area (Å²) in [7, 11) is 1.65. The van der Waals surface area contributed by atoms with Gasteiger partial charge in [-0.05, 0) is 23.1 Å². The van der Waals surface area contributed by atoms with Crippen LogP contribution in [0.3, 0.4) is 0 Å². The molecule has 1 N–H and O–H groups in total. The predicted molar refractivity (Wildman–Crippen MR) is 83.3 cm³/mol. The molecule has 20 heavy (non-hydrogen) atoms. The van der Waals surface area contributed by atoms with Crippen molar-refractivity contribution in [1.29, 1.82) is 0 Å². The van der Waals surface area contributed by atoms with Gasteiger partial charge in [0.25, 0.3) is 0 Å². The van der Waals surface area contributed by atoms with E-state index in [0.717, 1.165) is 11.3 Å². The number of methoxy groups -OCH3 is 1. The van der Waals surface area contributed by atoms with Crippen molar-refractivity contribution in [3.63, 3.8) is 0 Å². The summed E-state index contributed by atoms with van der Waals surface area (Å²) >= 11 is 0. The normalized spacial score (nSPS) is 11.2. The molecule has 0 amide bonds. The number of pyridine rings is 1. The number of nitrogens with one attached hydrogen (secondary N) is 1. The van der Waals surface area contributed by atoms with E-state index in [1.165, 1.54) is 5.56 Å². The van der Waals surface area contributed by atoms with Crippen LogP contribution in [0.2, 0.25) is 0 Å². The van der Waals surface area contributed by atoms with Crippen LogP contribution in [0, 0.1) is 0 Å². The van der Waals surface area contributed by atoms with Gasteiger partial charge in [-0.25, -0.2) is 4.98 Å². The zero-order chi connectivity index (χ0) is 14.6. The van der Waals surface area contributed by atoms with Gasteiger partial charge in [0.15, 0.2) is 0 Å². The third-order valence-corrected chi connectivity index (χ3v) is 3.25. The van der Waals surface area contributed by atoms with Crippen LogP contribution < -0.4 is 10.1 Å². The minimum absolute atomic E-state index is 0.114. The molecule has 0 bridgehead atoms. The number of ether oxygens (including phenoxy) is 1. The van der Waals surface area contributed by atoms with Crippen LogP contribution in [0.25, 0.3) is 0 Å². The molecule has 0 aliphatic heterocycles. The average Bonchev–Trinajstić information content (AvgIpc) is 2.44. The van der Waals surface area contributed by atoms with Crippen molar-refractivity contribution in [3.8, 4) is 5.88 Å². The van der Waals surface area contributed by atoms with Gasteiger partial charge in [0.05, 0.1) is 7.11 Å². The van der Waals surface area contributed by atoms with E-state index in [0.29, 0.717) is 12.4 Å². The maximum Gasteiger partial charge on any atom is 0.218 e. The van der Waals surface area contributed by atoms with E-state index in [1.807, 2.05) is 12.1 Å². The molecule has 106 valence electrons. The zero-order valence-corrected chi connectivity index (χ0v) is 12.6. The van der Waals surface area contributed by atoms with Crippen LogP contribution in [0.1, 0.15) is 31.9 Å². The predicted octanol–water partition coefficient (Wildman–Crippen LogP) is 4.00. The Bertz CT molecular complexity index is 573. The number of hydrogen-bond acceptors (Lipinski definition) is 3. The molecule has 0 saturated carbocycles. The number of para-hydroxylation sites is 1. The molecule has 0 spiro atoms. The average molecular weight is 270 g/mol. The first kappa shape index (κ1) is 14.4. The summed E-state index contributed by atoms with van der Waals surface area (Å²) in [6.07, 6.45) is 1.74. The number of rotatable bonds is 4. The third kappa shape index (κ3) is 3.29. The Labute approximate surface area is 121 Å². The van der Waals surface area contributed by atoms with E-state index in [1.54, 1.807) is 13.3 Å². The zero-order valence-electron chi connectivity index (χ0n) is 12.6. The molecule has 0 saturated heterocycles. The molecule has 3 heteroatoms. The van der Waals surface area contributed by atoms with E-state index in [-0.39, 0.29) is 5.41 Å². The highest BCUT2D eigenvalue weighted by Crippen LogP contribution is 2.29. The molecule has 2 rings (SSSR count). The number of anilines is 1. The Balaban J connectivity index is 2.20. The van der Waals surface area contributed by atoms with Crippen molar-refractivity contribution < 1.29 is 4.74 Å². The molecular formula is C17H22N2O. The minimum atomic E-state index is 0.114. The Hall–Kier alpha value is -2.03. The van der Waals surface area contributed by atoms with Gasteiger partial charge in [0, 0.05) is 24.0 Å². The first-order valence-corrected chi connectivity index (χ1v) is 6.83. The SMILES string of the molecule is COc1ncccc1CNc1ccccc1C(C)(C)C. The van der Waals surface area contributed by atoms with E-state index >= 15 is 0 Å². The second-order valence-electron chi connectivity index (χ2n) is 5.82. The first-order chi connectivity index (χ1) is 9.52. The lowest BCUT2D eigenvalue weighted by Crippen LogP contribution is -2.15. The Morgan fingerprint density at radius 1 is 1.10 bits per heavy atom. The van der Waals surface area contributed by atoms with Crippen LogP contribution in [0.15, 0.2) is 42.6 Å². The van der Waals surface area contributed by atoms with E-state index in [4.69, 9.17) is 4.74 Å². The fourth-order valence-corrected chi connectivity index (χ4v) is 2.22. The summed E-state index contributed by atoms with van der Waals surface area (Å²) in [5, 5.41) is 3.49. The molecule has 0 aliphatic rings. The largest absolute Gasteiger partial charge is 0.481 e. The van der Waals surface area contributed by atoms with Gasteiger partial charge >= 0.3 is 0 Å². The van der Waals surface area contributed by atoms with Gasteiger partial charge in [-0.1, -0.05) is 45.0 Å². The van der Waals surface area contributed by atoms with E-state index in [9.17, 15) is 0 Å². The maximum atomic E-state index is 5.28. The number of benzene rings is 1. The number of nitrogens with zero attached hydrogens (tertiary/aromatic N) is 1. The van der Waals surface area contributed by atoms with Crippen LogP contribution in [0.5, 0.6) is 5.88 Å². The molecule has 0 fully saturated rings. The van der Waals surface area contributed by atoms with Crippen molar-refractivity contribution >= 4 is 5.69 Å². The Morgan fingerprint density at radius 2 is 1.85 bits per heavy atom. The van der Waals surface area contributed by atoms with Gasteiger partial charge in [0.1, 0.15) is 0 Å². The van der Waals surface area contributed by atoms with E-state index in [2.05, 4.69) is 55.3 Å². The monoisotopic (exact) mass is 270 g/mol. The lowest BCUT2D eigenvalue weighted by atomic mass is 9.86. The quantitative estimate of drug-likeness (QED) is 0.911. The Morgan fingerprint density at radius 3 is 2.55 bits per heavy atom. The van der Waals surface area contributed by atoms with Crippen molar-refractivity contribution in [3.05, 3.63) is 53.7 Å². The molecule has 1 aromatic heterocycles. The fourth-order valence-electron chi connectivity index (χ4n) is 2.22. The van der Waals surface area contributed by atoms with Crippen LogP contribution in [0.4, 0.5) is 5.69 Å². The molecule has 1 heterocycles. The Kier molecular flexibility index (Phi) is 4.28. The molecule has 0 radical (unpaired) electrons. The molecule has 2 aromatic rings. The third-order valence-electron chi connectivity index (χ3n) is 3.25. The topological polar surface area (TPSA) is 34.1 Å².